The molecule has 1 aromatic carbocycles. The van der Waals surface area contributed by atoms with Crippen molar-refractivity contribution in [1.29, 1.82) is 0 Å². The van der Waals surface area contributed by atoms with Crippen molar-refractivity contribution in [2.75, 3.05) is 20.2 Å². The van der Waals surface area contributed by atoms with Crippen LogP contribution in [0.1, 0.15) is 12.0 Å². The number of ether oxygens (including phenoxy) is 1. The van der Waals surface area contributed by atoms with Crippen LogP contribution in [0.5, 0.6) is 0 Å². The van der Waals surface area contributed by atoms with Gasteiger partial charge in [0.25, 0.3) is 0 Å². The van der Waals surface area contributed by atoms with Crippen LogP contribution in [0, 0.1) is 0 Å². The molecule has 1 atom stereocenters. The van der Waals surface area contributed by atoms with Crippen LogP contribution in [-0.2, 0) is 20.9 Å². The van der Waals surface area contributed by atoms with Crippen LogP contribution in [0.2, 0.25) is 0 Å². The summed E-state index contributed by atoms with van der Waals surface area (Å²) in [5.41, 5.74) is 11.6. The van der Waals surface area contributed by atoms with E-state index in [-0.39, 0.29) is 31.5 Å². The quantitative estimate of drug-likeness (QED) is 0.712. The highest BCUT2D eigenvalue weighted by Gasteiger charge is 2.20. The lowest BCUT2D eigenvalue weighted by Gasteiger charge is -2.23. The Bertz CT molecular complexity index is 475. The number of carbonyl (C=O) groups is 2. The largest absolute Gasteiger partial charge is 0.380 e. The normalized spacial score (nSPS) is 12.0. The van der Waals surface area contributed by atoms with Gasteiger partial charge in [-0.25, -0.2) is 0 Å². The van der Waals surface area contributed by atoms with Crippen molar-refractivity contribution in [3.63, 3.8) is 0 Å². The second-order valence-electron chi connectivity index (χ2n) is 4.64. The van der Waals surface area contributed by atoms with E-state index in [1.54, 1.807) is 0 Å². The number of nitrogens with two attached hydrogens (primary N) is 2. The molecule has 6 nitrogen and oxygen atoms in total. The molecule has 0 heterocycles. The van der Waals surface area contributed by atoms with Gasteiger partial charge in [-0.2, -0.15) is 0 Å². The number of rotatable bonds is 8. The minimum Gasteiger partial charge on any atom is -0.380 e. The average Bonchev–Trinajstić information content (AvgIpc) is 2.45. The molecular weight excluding hydrogens is 338 g/mol. The second kappa shape index (κ2) is 8.76. The molecule has 1 rings (SSSR count). The maximum absolute atomic E-state index is 12.3. The fraction of sp³-hybridized carbons (Fsp3) is 0.429. The van der Waals surface area contributed by atoms with Gasteiger partial charge >= 0.3 is 0 Å². The number of hydrogen-bond donors (Lipinski definition) is 2. The summed E-state index contributed by atoms with van der Waals surface area (Å²) in [6, 6.07) is 7.50. The number of hydrogen-bond acceptors (Lipinski definition) is 4. The summed E-state index contributed by atoms with van der Waals surface area (Å²) in [4.78, 5) is 24.8. The lowest BCUT2D eigenvalue weighted by Crippen LogP contribution is -2.40. The van der Waals surface area contributed by atoms with Crippen LogP contribution in [0.15, 0.2) is 28.7 Å². The minimum atomic E-state index is -0.554. The molecule has 0 bridgehead atoms. The Morgan fingerprint density at radius 2 is 1.95 bits per heavy atom. The van der Waals surface area contributed by atoms with Crippen molar-refractivity contribution in [2.45, 2.75) is 19.1 Å². The van der Waals surface area contributed by atoms with Crippen LogP contribution in [0.3, 0.4) is 0 Å². The first kappa shape index (κ1) is 17.6. The molecule has 0 aliphatic carbocycles. The van der Waals surface area contributed by atoms with E-state index in [2.05, 4.69) is 15.9 Å². The molecule has 7 heteroatoms. The highest BCUT2D eigenvalue weighted by atomic mass is 79.9. The topological polar surface area (TPSA) is 98.7 Å². The molecule has 0 saturated heterocycles. The zero-order valence-electron chi connectivity index (χ0n) is 11.9. The number of carbonyl (C=O) groups excluding carboxylic acids is 2. The number of benzene rings is 1. The average molecular weight is 358 g/mol. The van der Waals surface area contributed by atoms with Crippen LogP contribution >= 0.6 is 15.9 Å². The molecule has 0 saturated carbocycles. The Morgan fingerprint density at radius 1 is 1.33 bits per heavy atom. The van der Waals surface area contributed by atoms with Crippen molar-refractivity contribution in [3.8, 4) is 0 Å². The third-order valence-electron chi connectivity index (χ3n) is 2.98. The van der Waals surface area contributed by atoms with Crippen LogP contribution in [-0.4, -0.2) is 43.0 Å². The summed E-state index contributed by atoms with van der Waals surface area (Å²) >= 11 is 3.35. The van der Waals surface area contributed by atoms with Gasteiger partial charge < -0.3 is 21.1 Å². The molecule has 1 aromatic rings. The molecule has 0 aliphatic heterocycles. The Morgan fingerprint density at radius 3 is 2.43 bits per heavy atom. The third-order valence-corrected chi connectivity index (χ3v) is 3.51. The van der Waals surface area contributed by atoms with E-state index in [1.807, 2.05) is 24.3 Å². The van der Waals surface area contributed by atoms with E-state index in [0.717, 1.165) is 10.0 Å². The zero-order chi connectivity index (χ0) is 15.8. The molecule has 0 fully saturated rings. The highest BCUT2D eigenvalue weighted by molar-refractivity contribution is 9.10. The number of amides is 2. The van der Waals surface area contributed by atoms with Crippen molar-refractivity contribution in [3.05, 3.63) is 34.3 Å². The van der Waals surface area contributed by atoms with Crippen LogP contribution in [0.25, 0.3) is 0 Å². The lowest BCUT2D eigenvalue weighted by molar-refractivity contribution is -0.137. The predicted octanol–water partition coefficient (Wildman–Crippen LogP) is 0.627. The van der Waals surface area contributed by atoms with Gasteiger partial charge in [-0.3, -0.25) is 9.59 Å². The van der Waals surface area contributed by atoms with Gasteiger partial charge in [0.2, 0.25) is 11.8 Å². The summed E-state index contributed by atoms with van der Waals surface area (Å²) in [6.45, 7) is 0.427. The van der Waals surface area contributed by atoms with E-state index in [1.165, 1.54) is 12.0 Å². The van der Waals surface area contributed by atoms with Gasteiger partial charge in [-0.15, -0.1) is 0 Å². The van der Waals surface area contributed by atoms with E-state index >= 15 is 0 Å². The summed E-state index contributed by atoms with van der Waals surface area (Å²) in [5.74, 6) is -0.767. The minimum absolute atomic E-state index is 0.122. The molecule has 21 heavy (non-hydrogen) atoms. The molecule has 116 valence electrons. The number of halogens is 1. The third kappa shape index (κ3) is 6.24. The van der Waals surface area contributed by atoms with Gasteiger partial charge in [-0.1, -0.05) is 28.1 Å². The Labute approximate surface area is 132 Å². The predicted molar refractivity (Wildman–Crippen MR) is 83.2 cm³/mol. The number of methoxy groups -OCH3 is 1. The summed E-state index contributed by atoms with van der Waals surface area (Å²) in [5, 5.41) is 0. The zero-order valence-corrected chi connectivity index (χ0v) is 13.5. The first-order valence-corrected chi connectivity index (χ1v) is 7.29. The number of nitrogens with zero attached hydrogens (tertiary/aromatic N) is 1. The second-order valence-corrected chi connectivity index (χ2v) is 5.56. The molecule has 1 unspecified atom stereocenters. The Hall–Kier alpha value is -1.44. The van der Waals surface area contributed by atoms with Gasteiger partial charge in [0.1, 0.15) is 0 Å². The first-order valence-electron chi connectivity index (χ1n) is 6.49. The van der Waals surface area contributed by atoms with Crippen molar-refractivity contribution < 1.29 is 14.3 Å². The number of primary amides is 1. The fourth-order valence-electron chi connectivity index (χ4n) is 1.82. The van der Waals surface area contributed by atoms with E-state index in [9.17, 15) is 9.59 Å². The highest BCUT2D eigenvalue weighted by Crippen LogP contribution is 2.13. The van der Waals surface area contributed by atoms with Gasteiger partial charge in [0.05, 0.1) is 19.1 Å². The van der Waals surface area contributed by atoms with E-state index in [0.29, 0.717) is 6.54 Å². The maximum atomic E-state index is 12.3. The molecule has 0 aliphatic rings. The van der Waals surface area contributed by atoms with Gasteiger partial charge in [0.15, 0.2) is 0 Å². The molecule has 0 radical (unpaired) electrons. The fourth-order valence-corrected chi connectivity index (χ4v) is 2.08. The van der Waals surface area contributed by atoms with Crippen molar-refractivity contribution in [1.82, 2.24) is 4.90 Å². The summed E-state index contributed by atoms with van der Waals surface area (Å²) in [7, 11) is 1.50. The monoisotopic (exact) mass is 357 g/mol. The van der Waals surface area contributed by atoms with Crippen molar-refractivity contribution >= 4 is 27.7 Å². The standard InChI is InChI=1S/C14H20BrN3O3/c1-21-12(7-16)6-14(20)18(9-13(17)19)8-10-2-4-11(15)5-3-10/h2-5,12H,6-9,16H2,1H3,(H2,17,19). The summed E-state index contributed by atoms with van der Waals surface area (Å²) in [6.07, 6.45) is -0.241. The Kier molecular flexibility index (Phi) is 7.35. The Balaban J connectivity index is 2.77. The maximum Gasteiger partial charge on any atom is 0.237 e. The van der Waals surface area contributed by atoms with Crippen LogP contribution < -0.4 is 11.5 Å². The lowest BCUT2D eigenvalue weighted by atomic mass is 10.1. The first-order chi connectivity index (χ1) is 9.96. The molecular formula is C14H20BrN3O3. The molecule has 4 N–H and O–H groups in total. The van der Waals surface area contributed by atoms with Crippen LogP contribution in [0.4, 0.5) is 0 Å². The summed E-state index contributed by atoms with van der Waals surface area (Å²) < 4.78 is 6.04. The molecule has 2 amide bonds. The SMILES string of the molecule is COC(CN)CC(=O)N(CC(N)=O)Cc1ccc(Br)cc1. The van der Waals surface area contributed by atoms with E-state index in [4.69, 9.17) is 16.2 Å². The molecule has 0 spiro atoms. The van der Waals surface area contributed by atoms with Gasteiger partial charge in [0, 0.05) is 24.7 Å². The smallest absolute Gasteiger partial charge is 0.237 e. The molecule has 0 aromatic heterocycles. The van der Waals surface area contributed by atoms with E-state index < -0.39 is 5.91 Å². The van der Waals surface area contributed by atoms with Crippen molar-refractivity contribution in [2.24, 2.45) is 11.5 Å². The van der Waals surface area contributed by atoms with Gasteiger partial charge in [-0.05, 0) is 17.7 Å².